The summed E-state index contributed by atoms with van der Waals surface area (Å²) in [7, 11) is 6.93. The van der Waals surface area contributed by atoms with Gasteiger partial charge in [-0.2, -0.15) is 0 Å². The number of phenolic OH excluding ortho intramolecular Hbond substituents is 1. The van der Waals surface area contributed by atoms with Crippen LogP contribution in [-0.2, 0) is 27.2 Å². The molecule has 0 spiro atoms. The minimum Gasteiger partial charge on any atom is -0.508 e. The highest BCUT2D eigenvalue weighted by atomic mass is 16.3. The Balaban J connectivity index is 1.67. The van der Waals surface area contributed by atoms with Crippen molar-refractivity contribution in [1.29, 1.82) is 0 Å². The Morgan fingerprint density at radius 1 is 1.10 bits per heavy atom. The Morgan fingerprint density at radius 2 is 1.75 bits per heavy atom. The van der Waals surface area contributed by atoms with Crippen LogP contribution in [-0.4, -0.2) is 82.6 Å². The molecule has 0 radical (unpaired) electrons. The van der Waals surface area contributed by atoms with Crippen LogP contribution in [0.3, 0.4) is 0 Å². The molecule has 0 heterocycles. The number of carbonyl (C=O) groups excluding carboxylic acids is 3. The quantitative estimate of drug-likeness (QED) is 0.332. The molecule has 1 amide bonds. The van der Waals surface area contributed by atoms with Gasteiger partial charge in [0.1, 0.15) is 22.8 Å². The number of aromatic hydroxyl groups is 1. The number of likely N-dealkylation sites (N-methyl/N-ethyl adjacent to an activating group) is 1. The van der Waals surface area contributed by atoms with Crippen molar-refractivity contribution < 1.29 is 34.8 Å². The number of hydrogen-bond acceptors (Lipinski definition) is 9. The molecule has 216 valence electrons. The lowest BCUT2D eigenvalue weighted by Gasteiger charge is -2.50. The number of aryl methyl sites for hydroxylation is 1. The Morgan fingerprint density at radius 3 is 2.33 bits per heavy atom. The van der Waals surface area contributed by atoms with E-state index < -0.39 is 58.0 Å². The number of primary amides is 1. The molecule has 0 bridgehead atoms. The second kappa shape index (κ2) is 9.92. The number of phenols is 1. The van der Waals surface area contributed by atoms with Crippen LogP contribution in [0.4, 0.5) is 5.69 Å². The molecule has 4 aliphatic rings. The molecule has 0 aliphatic heterocycles. The summed E-state index contributed by atoms with van der Waals surface area (Å²) in [6, 6.07) is 0.847. The van der Waals surface area contributed by atoms with E-state index in [1.165, 1.54) is 17.7 Å². The van der Waals surface area contributed by atoms with Crippen molar-refractivity contribution in [3.8, 4) is 5.75 Å². The number of aliphatic hydroxyl groups is 3. The van der Waals surface area contributed by atoms with Crippen LogP contribution in [0.1, 0.15) is 55.2 Å². The first-order chi connectivity index (χ1) is 18.8. The number of benzene rings is 1. The van der Waals surface area contributed by atoms with E-state index in [4.69, 9.17) is 5.73 Å². The number of carbonyl (C=O) groups is 3. The lowest BCUT2D eigenvalue weighted by Crippen LogP contribution is -2.65. The number of aliphatic hydroxyl groups excluding tert-OH is 2. The first kappa shape index (κ1) is 28.2. The molecule has 2 fully saturated rings. The fourth-order valence-corrected chi connectivity index (χ4v) is 7.59. The number of amides is 1. The SMILES string of the molecule is CN(C)c1cc(CCC2CCCC2)c(O)c2c1CC1CC3C(N(C)C)C(=O)C(C(N)=O)=C(O)C3(O)C(=O)C1=C2O. The summed E-state index contributed by atoms with van der Waals surface area (Å²) in [5.41, 5.74) is 4.15. The normalized spacial score (nSPS) is 28.6. The van der Waals surface area contributed by atoms with Crippen molar-refractivity contribution >= 4 is 28.9 Å². The minimum absolute atomic E-state index is 0.0722. The summed E-state index contributed by atoms with van der Waals surface area (Å²) in [4.78, 5) is 42.9. The van der Waals surface area contributed by atoms with Gasteiger partial charge in [-0.3, -0.25) is 19.3 Å². The van der Waals surface area contributed by atoms with Crippen LogP contribution < -0.4 is 10.6 Å². The second-order valence-corrected chi connectivity index (χ2v) is 12.3. The summed E-state index contributed by atoms with van der Waals surface area (Å²) < 4.78 is 0. The summed E-state index contributed by atoms with van der Waals surface area (Å²) in [5.74, 6) is -5.70. The average Bonchev–Trinajstić information content (AvgIpc) is 3.39. The molecule has 4 unspecified atom stereocenters. The molecule has 1 aromatic carbocycles. The predicted molar refractivity (Wildman–Crippen MR) is 149 cm³/mol. The lowest BCUT2D eigenvalue weighted by atomic mass is 9.57. The van der Waals surface area contributed by atoms with Crippen molar-refractivity contribution in [3.05, 3.63) is 39.7 Å². The Labute approximate surface area is 233 Å². The van der Waals surface area contributed by atoms with Crippen LogP contribution in [0, 0.1) is 17.8 Å². The predicted octanol–water partition coefficient (Wildman–Crippen LogP) is 2.15. The average molecular weight is 554 g/mol. The molecule has 4 atom stereocenters. The minimum atomic E-state index is -2.63. The van der Waals surface area contributed by atoms with Crippen LogP contribution >= 0.6 is 0 Å². The molecule has 6 N–H and O–H groups in total. The van der Waals surface area contributed by atoms with E-state index in [9.17, 15) is 34.8 Å². The highest BCUT2D eigenvalue weighted by molar-refractivity contribution is 6.24. The topological polar surface area (TPSA) is 165 Å². The molecule has 10 nitrogen and oxygen atoms in total. The van der Waals surface area contributed by atoms with E-state index in [1.807, 2.05) is 25.1 Å². The molecular formula is C30H39N3O7. The molecule has 0 aromatic heterocycles. The van der Waals surface area contributed by atoms with Crippen molar-refractivity contribution in [2.45, 2.75) is 63.0 Å². The Hall–Kier alpha value is -3.37. The van der Waals surface area contributed by atoms with Gasteiger partial charge in [-0.05, 0) is 68.8 Å². The third-order valence-corrected chi connectivity index (χ3v) is 9.55. The van der Waals surface area contributed by atoms with Gasteiger partial charge in [-0.15, -0.1) is 0 Å². The zero-order valence-electron chi connectivity index (χ0n) is 23.5. The van der Waals surface area contributed by atoms with Crippen LogP contribution in [0.15, 0.2) is 23.0 Å². The Kier molecular flexibility index (Phi) is 6.99. The summed E-state index contributed by atoms with van der Waals surface area (Å²) in [6.07, 6.45) is 6.63. The van der Waals surface area contributed by atoms with E-state index in [-0.39, 0.29) is 29.7 Å². The van der Waals surface area contributed by atoms with E-state index in [2.05, 4.69) is 0 Å². The van der Waals surface area contributed by atoms with E-state index >= 15 is 0 Å². The van der Waals surface area contributed by atoms with Gasteiger partial charge in [0, 0.05) is 31.3 Å². The number of fused-ring (bicyclic) bond motifs is 3. The van der Waals surface area contributed by atoms with Gasteiger partial charge in [0.05, 0.1) is 11.6 Å². The van der Waals surface area contributed by atoms with Gasteiger partial charge in [-0.1, -0.05) is 25.7 Å². The van der Waals surface area contributed by atoms with Gasteiger partial charge in [-0.25, -0.2) is 0 Å². The highest BCUT2D eigenvalue weighted by Crippen LogP contribution is 2.54. The summed E-state index contributed by atoms with van der Waals surface area (Å²) >= 11 is 0. The fraction of sp³-hybridized carbons (Fsp3) is 0.567. The largest absolute Gasteiger partial charge is 0.508 e. The number of anilines is 1. The van der Waals surface area contributed by atoms with Crippen molar-refractivity contribution in [2.24, 2.45) is 23.5 Å². The van der Waals surface area contributed by atoms with Gasteiger partial charge in [0.15, 0.2) is 11.4 Å². The molecule has 5 rings (SSSR count). The first-order valence-corrected chi connectivity index (χ1v) is 14.0. The lowest BCUT2D eigenvalue weighted by molar-refractivity contribution is -0.153. The second-order valence-electron chi connectivity index (χ2n) is 12.3. The van der Waals surface area contributed by atoms with Crippen molar-refractivity contribution in [1.82, 2.24) is 4.90 Å². The Bertz CT molecular complexity index is 1360. The van der Waals surface area contributed by atoms with Gasteiger partial charge >= 0.3 is 0 Å². The van der Waals surface area contributed by atoms with Crippen molar-refractivity contribution in [3.63, 3.8) is 0 Å². The van der Waals surface area contributed by atoms with Crippen molar-refractivity contribution in [2.75, 3.05) is 33.1 Å². The van der Waals surface area contributed by atoms with Crippen LogP contribution in [0.5, 0.6) is 5.75 Å². The number of nitrogens with zero attached hydrogens (tertiary/aromatic N) is 2. The van der Waals surface area contributed by atoms with Gasteiger partial charge in [0.25, 0.3) is 5.91 Å². The number of Topliss-reactive ketones (excluding diaryl/α,β-unsaturated/α-hetero) is 2. The number of rotatable bonds is 6. The highest BCUT2D eigenvalue weighted by Gasteiger charge is 2.64. The third-order valence-electron chi connectivity index (χ3n) is 9.55. The van der Waals surface area contributed by atoms with E-state index in [1.54, 1.807) is 14.1 Å². The number of nitrogens with two attached hydrogens (primary N) is 1. The molecule has 40 heavy (non-hydrogen) atoms. The van der Waals surface area contributed by atoms with Crippen LogP contribution in [0.25, 0.3) is 5.76 Å². The summed E-state index contributed by atoms with van der Waals surface area (Å²) in [6.45, 7) is 0. The number of ketones is 2. The van der Waals surface area contributed by atoms with E-state index in [0.29, 0.717) is 23.5 Å². The van der Waals surface area contributed by atoms with Gasteiger partial charge < -0.3 is 31.1 Å². The monoisotopic (exact) mass is 553 g/mol. The number of hydrogen-bond donors (Lipinski definition) is 5. The molecule has 2 saturated carbocycles. The third kappa shape index (κ3) is 4.03. The molecule has 10 heteroatoms. The zero-order chi connectivity index (χ0) is 29.3. The molecule has 4 aliphatic carbocycles. The maximum atomic E-state index is 14.1. The first-order valence-electron chi connectivity index (χ1n) is 14.0. The molecule has 0 saturated heterocycles. The zero-order valence-corrected chi connectivity index (χ0v) is 23.5. The van der Waals surface area contributed by atoms with E-state index in [0.717, 1.165) is 24.9 Å². The smallest absolute Gasteiger partial charge is 0.255 e. The maximum absolute atomic E-state index is 14.1. The fourth-order valence-electron chi connectivity index (χ4n) is 7.59. The van der Waals surface area contributed by atoms with Gasteiger partial charge in [0.2, 0.25) is 5.78 Å². The molecular weight excluding hydrogens is 514 g/mol. The molecule has 1 aromatic rings. The maximum Gasteiger partial charge on any atom is 0.255 e. The standard InChI is InChI=1S/C30H39N3O7/c1-32(2)19-13-15(10-9-14-7-5-6-8-14)24(34)21-17(19)11-16-12-18-23(33(3)4)26(36)22(29(31)39)28(38)30(18,40)27(37)20(16)25(21)35/h13-14,16,18,23,34-35,38,40H,5-12H2,1-4H3,(H2,31,39). The van der Waals surface area contributed by atoms with Crippen LogP contribution in [0.2, 0.25) is 0 Å². The summed E-state index contributed by atoms with van der Waals surface area (Å²) in [5, 5.41) is 45.8.